The smallest absolute Gasteiger partial charge is 0.185 e. The van der Waals surface area contributed by atoms with Gasteiger partial charge in [-0.3, -0.25) is 4.98 Å². The first-order chi connectivity index (χ1) is 12.2. The van der Waals surface area contributed by atoms with Crippen molar-refractivity contribution in [3.8, 4) is 0 Å². The van der Waals surface area contributed by atoms with Gasteiger partial charge < -0.3 is 18.9 Å². The normalized spacial score (nSPS) is 32.2. The van der Waals surface area contributed by atoms with Crippen LogP contribution in [0.5, 0.6) is 0 Å². The molecule has 1 spiro atoms. The Morgan fingerprint density at radius 3 is 2.44 bits per heavy atom. The van der Waals surface area contributed by atoms with Crippen LogP contribution in [0.25, 0.3) is 0 Å². The molecule has 2 aliphatic heterocycles. The van der Waals surface area contributed by atoms with Crippen LogP contribution >= 0.6 is 0 Å². The summed E-state index contributed by atoms with van der Waals surface area (Å²) in [6.45, 7) is 4.16. The molecule has 2 saturated heterocycles. The van der Waals surface area contributed by atoms with Crippen LogP contribution in [0.3, 0.4) is 0 Å². The Hall–Kier alpha value is -2.01. The summed E-state index contributed by atoms with van der Waals surface area (Å²) in [6.07, 6.45) is 10.7. The maximum Gasteiger partial charge on any atom is 0.185 e. The van der Waals surface area contributed by atoms with Crippen molar-refractivity contribution < 1.29 is 18.9 Å². The van der Waals surface area contributed by atoms with E-state index in [9.17, 15) is 0 Å². The monoisotopic (exact) mass is 339 g/mol. The molecule has 25 heavy (non-hydrogen) atoms. The van der Waals surface area contributed by atoms with Crippen molar-refractivity contribution in [3.05, 3.63) is 71.3 Å². The number of hydrogen-bond acceptors (Lipinski definition) is 5. The van der Waals surface area contributed by atoms with Gasteiger partial charge in [0.2, 0.25) is 0 Å². The zero-order valence-corrected chi connectivity index (χ0v) is 14.2. The third-order valence-corrected chi connectivity index (χ3v) is 4.50. The Bertz CT molecular complexity index is 728. The molecule has 0 saturated carbocycles. The van der Waals surface area contributed by atoms with Crippen LogP contribution in [0.1, 0.15) is 18.8 Å². The fourth-order valence-electron chi connectivity index (χ4n) is 3.01. The Morgan fingerprint density at radius 1 is 1.04 bits per heavy atom. The lowest BCUT2D eigenvalue weighted by Crippen LogP contribution is -2.51. The van der Waals surface area contributed by atoms with Gasteiger partial charge in [-0.1, -0.05) is 18.2 Å². The zero-order chi connectivity index (χ0) is 17.1. The Morgan fingerprint density at radius 2 is 1.76 bits per heavy atom. The minimum absolute atomic E-state index is 0.256. The number of aromatic nitrogens is 1. The molecule has 1 aromatic rings. The van der Waals surface area contributed by atoms with Crippen molar-refractivity contribution in [2.75, 3.05) is 26.4 Å². The zero-order valence-electron chi connectivity index (χ0n) is 14.2. The summed E-state index contributed by atoms with van der Waals surface area (Å²) in [6, 6.07) is 3.83. The lowest BCUT2D eigenvalue weighted by molar-refractivity contribution is -0.297. The first kappa shape index (κ1) is 16.5. The van der Waals surface area contributed by atoms with Gasteiger partial charge in [-0.2, -0.15) is 0 Å². The SMILES string of the molecule is CC1=C=CC=C(C2OCC3(CO2)COC(c2cccnc2)OC3)C=C1. The fourth-order valence-corrected chi connectivity index (χ4v) is 3.01. The van der Waals surface area contributed by atoms with Crippen LogP contribution in [-0.4, -0.2) is 37.7 Å². The first-order valence-corrected chi connectivity index (χ1v) is 8.42. The summed E-state index contributed by atoms with van der Waals surface area (Å²) in [5.41, 5.74) is 5.90. The van der Waals surface area contributed by atoms with Gasteiger partial charge in [0.1, 0.15) is 0 Å². The minimum Gasteiger partial charge on any atom is -0.348 e. The van der Waals surface area contributed by atoms with E-state index in [4.69, 9.17) is 18.9 Å². The third kappa shape index (κ3) is 3.66. The van der Waals surface area contributed by atoms with E-state index in [-0.39, 0.29) is 18.0 Å². The number of hydrogen-bond donors (Lipinski definition) is 0. The van der Waals surface area contributed by atoms with Crippen molar-refractivity contribution in [1.82, 2.24) is 4.98 Å². The van der Waals surface area contributed by atoms with Crippen LogP contribution in [0.4, 0.5) is 0 Å². The predicted octanol–water partition coefficient (Wildman–Crippen LogP) is 3.08. The summed E-state index contributed by atoms with van der Waals surface area (Å²) >= 11 is 0. The van der Waals surface area contributed by atoms with E-state index in [2.05, 4.69) is 10.7 Å². The molecule has 3 aliphatic rings. The molecule has 130 valence electrons. The molecular formula is C20H21NO4. The topological polar surface area (TPSA) is 49.8 Å². The molecular weight excluding hydrogens is 318 g/mol. The molecule has 1 aromatic heterocycles. The Balaban J connectivity index is 1.34. The molecule has 0 N–H and O–H groups in total. The van der Waals surface area contributed by atoms with E-state index in [1.54, 1.807) is 12.4 Å². The van der Waals surface area contributed by atoms with Crippen molar-refractivity contribution in [1.29, 1.82) is 0 Å². The Labute approximate surface area is 147 Å². The molecule has 2 fully saturated rings. The molecule has 0 unspecified atom stereocenters. The highest BCUT2D eigenvalue weighted by atomic mass is 16.7. The number of nitrogens with zero attached hydrogens (tertiary/aromatic N) is 1. The van der Waals surface area contributed by atoms with E-state index < -0.39 is 0 Å². The van der Waals surface area contributed by atoms with Gasteiger partial charge in [-0.05, 0) is 30.7 Å². The second-order valence-electron chi connectivity index (χ2n) is 6.69. The molecule has 0 amide bonds. The van der Waals surface area contributed by atoms with E-state index in [0.717, 1.165) is 16.7 Å². The Kier molecular flexibility index (Phi) is 4.66. The van der Waals surface area contributed by atoms with E-state index in [1.165, 1.54) is 0 Å². The van der Waals surface area contributed by atoms with Crippen molar-refractivity contribution in [3.63, 3.8) is 0 Å². The fraction of sp³-hybridized carbons (Fsp3) is 0.400. The van der Waals surface area contributed by atoms with Gasteiger partial charge in [0.05, 0.1) is 31.8 Å². The lowest BCUT2D eigenvalue weighted by Gasteiger charge is -2.43. The number of ether oxygens (including phenoxy) is 4. The third-order valence-electron chi connectivity index (χ3n) is 4.50. The van der Waals surface area contributed by atoms with Crippen molar-refractivity contribution in [2.45, 2.75) is 19.5 Å². The summed E-state index contributed by atoms with van der Waals surface area (Å²) in [5.74, 6) is 0. The van der Waals surface area contributed by atoms with Gasteiger partial charge in [0.15, 0.2) is 12.6 Å². The van der Waals surface area contributed by atoms with Crippen molar-refractivity contribution in [2.24, 2.45) is 5.41 Å². The van der Waals surface area contributed by atoms with Crippen molar-refractivity contribution >= 4 is 0 Å². The molecule has 1 aliphatic carbocycles. The van der Waals surface area contributed by atoms with Crippen LogP contribution in [-0.2, 0) is 18.9 Å². The molecule has 5 nitrogen and oxygen atoms in total. The number of pyridine rings is 1. The van der Waals surface area contributed by atoms with Gasteiger partial charge in [0.25, 0.3) is 0 Å². The molecule has 0 bridgehead atoms. The van der Waals surface area contributed by atoms with Gasteiger partial charge in [-0.15, -0.1) is 5.73 Å². The van der Waals surface area contributed by atoms with Crippen LogP contribution < -0.4 is 0 Å². The maximum atomic E-state index is 5.97. The van der Waals surface area contributed by atoms with Gasteiger partial charge in [0, 0.05) is 23.5 Å². The highest BCUT2D eigenvalue weighted by Gasteiger charge is 2.42. The second kappa shape index (κ2) is 7.08. The maximum absolute atomic E-state index is 5.97. The van der Waals surface area contributed by atoms with Crippen LogP contribution in [0.15, 0.2) is 65.7 Å². The van der Waals surface area contributed by atoms with E-state index in [0.29, 0.717) is 26.4 Å². The summed E-state index contributed by atoms with van der Waals surface area (Å²) in [7, 11) is 0. The van der Waals surface area contributed by atoms with Crippen LogP contribution in [0, 0.1) is 5.41 Å². The quantitative estimate of drug-likeness (QED) is 0.775. The van der Waals surface area contributed by atoms with Gasteiger partial charge in [-0.25, -0.2) is 0 Å². The molecule has 5 heteroatoms. The van der Waals surface area contributed by atoms with Gasteiger partial charge >= 0.3 is 0 Å². The number of allylic oxidation sites excluding steroid dienone is 3. The van der Waals surface area contributed by atoms with Crippen LogP contribution in [0.2, 0.25) is 0 Å². The molecule has 3 heterocycles. The average molecular weight is 339 g/mol. The number of rotatable bonds is 2. The highest BCUT2D eigenvalue weighted by molar-refractivity contribution is 5.34. The highest BCUT2D eigenvalue weighted by Crippen LogP contribution is 2.36. The molecule has 0 radical (unpaired) electrons. The predicted molar refractivity (Wildman–Crippen MR) is 91.5 cm³/mol. The van der Waals surface area contributed by atoms with E-state index in [1.807, 2.05) is 43.4 Å². The molecule has 0 aromatic carbocycles. The molecule has 4 rings (SSSR count). The summed E-state index contributed by atoms with van der Waals surface area (Å²) < 4.78 is 23.7. The standard InChI is InChI=1S/C20H21NO4/c1-15-4-2-5-16(8-7-15)18-22-11-20(12-23-18)13-24-19(25-14-20)17-6-3-9-21-10-17/h2-3,5-10,18-19H,11-14H2,1H3. The summed E-state index contributed by atoms with van der Waals surface area (Å²) in [4.78, 5) is 4.11. The minimum atomic E-state index is -0.372. The second-order valence-corrected chi connectivity index (χ2v) is 6.69. The lowest BCUT2D eigenvalue weighted by atomic mass is 9.90. The molecule has 0 atom stereocenters. The first-order valence-electron chi connectivity index (χ1n) is 8.42. The van der Waals surface area contributed by atoms with E-state index >= 15 is 0 Å². The largest absolute Gasteiger partial charge is 0.348 e. The summed E-state index contributed by atoms with van der Waals surface area (Å²) in [5, 5.41) is 0. The average Bonchev–Trinajstić information content (AvgIpc) is 2.88.